The van der Waals surface area contributed by atoms with Crippen molar-refractivity contribution in [2.75, 3.05) is 13.1 Å². The summed E-state index contributed by atoms with van der Waals surface area (Å²) >= 11 is 0. The molecular weight excluding hydrogens is 154 g/mol. The highest BCUT2D eigenvalue weighted by Gasteiger charge is 2.04. The lowest BCUT2D eigenvalue weighted by Crippen LogP contribution is -2.28. The zero-order chi connectivity index (χ0) is 9.28. The van der Waals surface area contributed by atoms with Crippen LogP contribution in [0.15, 0.2) is 0 Å². The molecule has 0 saturated heterocycles. The van der Waals surface area contributed by atoms with Crippen molar-refractivity contribution in [3.63, 3.8) is 0 Å². The minimum absolute atomic E-state index is 0.608. The number of nitrogens with two attached hydrogens (primary N) is 2. The summed E-state index contributed by atoms with van der Waals surface area (Å²) in [4.78, 5) is 18.2. The van der Waals surface area contributed by atoms with Crippen LogP contribution in [0.4, 0.5) is 0 Å². The van der Waals surface area contributed by atoms with Crippen LogP contribution in [-0.2, 0) is 9.59 Å². The van der Waals surface area contributed by atoms with Crippen LogP contribution >= 0.6 is 0 Å². The molecule has 0 rings (SSSR count). The number of carboxylic acids is 2. The van der Waals surface area contributed by atoms with Crippen molar-refractivity contribution in [3.05, 3.63) is 0 Å². The normalized spacial score (nSPS) is 7.82. The van der Waals surface area contributed by atoms with Gasteiger partial charge < -0.3 is 15.9 Å². The molecule has 0 aliphatic rings. The summed E-state index contributed by atoms with van der Waals surface area (Å²) in [6.07, 6.45) is 0. The van der Waals surface area contributed by atoms with Gasteiger partial charge in [-0.05, 0) is 0 Å². The van der Waals surface area contributed by atoms with Crippen molar-refractivity contribution in [3.8, 4) is 0 Å². The summed E-state index contributed by atoms with van der Waals surface area (Å²) in [5.41, 5.74) is 7.39. The Morgan fingerprint density at radius 2 is 1.64 bits per heavy atom. The zero-order valence-corrected chi connectivity index (χ0v) is 5.78. The lowest BCUT2D eigenvalue weighted by Gasteiger charge is -1.85. The van der Waals surface area contributed by atoms with Crippen LogP contribution in [0.3, 0.4) is 0 Å². The Hall–Kier alpha value is -1.18. The predicted octanol–water partition coefficient (Wildman–Crippen LogP) is -2.44. The van der Waals surface area contributed by atoms with Crippen molar-refractivity contribution in [2.24, 2.45) is 11.6 Å². The summed E-state index contributed by atoms with van der Waals surface area (Å²) in [6.45, 7) is 1.30. The third kappa shape index (κ3) is 17.7. The summed E-state index contributed by atoms with van der Waals surface area (Å²) < 4.78 is 0. The first-order valence-corrected chi connectivity index (χ1v) is 2.66. The molecular formula is C4H11N3O4. The Morgan fingerprint density at radius 3 is 1.64 bits per heavy atom. The van der Waals surface area contributed by atoms with Crippen molar-refractivity contribution in [1.82, 2.24) is 5.43 Å². The summed E-state index contributed by atoms with van der Waals surface area (Å²) in [5.74, 6) is 1.16. The molecule has 0 bridgehead atoms. The molecule has 0 aromatic heterocycles. The highest BCUT2D eigenvalue weighted by Crippen LogP contribution is 1.56. The van der Waals surface area contributed by atoms with Gasteiger partial charge in [-0.25, -0.2) is 9.59 Å². The second-order valence-corrected chi connectivity index (χ2v) is 1.35. The number of nitrogens with one attached hydrogen (secondary N) is 1. The maximum Gasteiger partial charge on any atom is 0.414 e. The van der Waals surface area contributed by atoms with Crippen LogP contribution in [0, 0.1) is 0 Å². The molecule has 0 heterocycles. The fraction of sp³-hybridized carbons (Fsp3) is 0.500. The molecule has 0 spiro atoms. The Kier molecular flexibility index (Phi) is 10.0. The number of carbonyl (C=O) groups is 2. The van der Waals surface area contributed by atoms with Crippen LogP contribution in [0.2, 0.25) is 0 Å². The molecule has 7 N–H and O–H groups in total. The topological polar surface area (TPSA) is 139 Å². The number of hydrogen-bond donors (Lipinski definition) is 5. The van der Waals surface area contributed by atoms with E-state index in [0.29, 0.717) is 13.1 Å². The second-order valence-electron chi connectivity index (χ2n) is 1.35. The Morgan fingerprint density at radius 1 is 1.27 bits per heavy atom. The number of hydrogen-bond acceptors (Lipinski definition) is 5. The maximum atomic E-state index is 9.10. The zero-order valence-electron chi connectivity index (χ0n) is 5.78. The number of aliphatic carboxylic acids is 2. The number of carboxylic acid groups (broad SMARTS) is 2. The Labute approximate surface area is 63.0 Å². The van der Waals surface area contributed by atoms with Gasteiger partial charge in [-0.15, -0.1) is 0 Å². The van der Waals surface area contributed by atoms with E-state index in [9.17, 15) is 0 Å². The lowest BCUT2D eigenvalue weighted by atomic mass is 10.7. The molecule has 0 aliphatic carbocycles. The molecule has 0 saturated carbocycles. The van der Waals surface area contributed by atoms with Gasteiger partial charge in [0.15, 0.2) is 0 Å². The van der Waals surface area contributed by atoms with Gasteiger partial charge in [-0.3, -0.25) is 11.3 Å². The van der Waals surface area contributed by atoms with E-state index in [1.165, 1.54) is 0 Å². The largest absolute Gasteiger partial charge is 0.473 e. The third-order valence-corrected chi connectivity index (χ3v) is 0.472. The molecule has 0 aromatic carbocycles. The predicted molar refractivity (Wildman–Crippen MR) is 36.5 cm³/mol. The molecule has 11 heavy (non-hydrogen) atoms. The average Bonchev–Trinajstić information content (AvgIpc) is 1.90. The van der Waals surface area contributed by atoms with Gasteiger partial charge in [-0.1, -0.05) is 0 Å². The fourth-order valence-electron chi connectivity index (χ4n) is 0.0833. The van der Waals surface area contributed by atoms with E-state index >= 15 is 0 Å². The molecule has 0 fully saturated rings. The molecule has 0 aromatic rings. The summed E-state index contributed by atoms with van der Waals surface area (Å²) in [7, 11) is 0. The first-order valence-electron chi connectivity index (χ1n) is 2.66. The van der Waals surface area contributed by atoms with E-state index in [1.54, 1.807) is 0 Å². The van der Waals surface area contributed by atoms with Crippen molar-refractivity contribution in [1.29, 1.82) is 0 Å². The smallest absolute Gasteiger partial charge is 0.414 e. The van der Waals surface area contributed by atoms with Gasteiger partial charge in [0, 0.05) is 13.1 Å². The van der Waals surface area contributed by atoms with Gasteiger partial charge in [0.2, 0.25) is 0 Å². The SMILES string of the molecule is NCCNN.O=C(O)C(=O)O. The minimum atomic E-state index is -1.82. The van der Waals surface area contributed by atoms with Crippen molar-refractivity contribution < 1.29 is 19.8 Å². The average molecular weight is 165 g/mol. The highest BCUT2D eigenvalue weighted by molar-refractivity contribution is 6.27. The van der Waals surface area contributed by atoms with Gasteiger partial charge in [0.25, 0.3) is 0 Å². The first-order chi connectivity index (χ1) is 5.06. The Bertz CT molecular complexity index is 113. The Balaban J connectivity index is 0. The second kappa shape index (κ2) is 8.82. The molecule has 7 heteroatoms. The molecule has 7 nitrogen and oxygen atoms in total. The molecule has 0 radical (unpaired) electrons. The quantitative estimate of drug-likeness (QED) is 0.174. The van der Waals surface area contributed by atoms with Gasteiger partial charge >= 0.3 is 11.9 Å². The third-order valence-electron chi connectivity index (χ3n) is 0.472. The van der Waals surface area contributed by atoms with E-state index in [-0.39, 0.29) is 0 Å². The van der Waals surface area contributed by atoms with E-state index in [0.717, 1.165) is 0 Å². The van der Waals surface area contributed by atoms with Crippen LogP contribution in [0.25, 0.3) is 0 Å². The minimum Gasteiger partial charge on any atom is -0.473 e. The monoisotopic (exact) mass is 165 g/mol. The van der Waals surface area contributed by atoms with Crippen LogP contribution in [0.5, 0.6) is 0 Å². The molecule has 0 atom stereocenters. The molecule has 0 aliphatic heterocycles. The van der Waals surface area contributed by atoms with Gasteiger partial charge in [0.05, 0.1) is 0 Å². The van der Waals surface area contributed by atoms with Crippen LogP contribution in [0.1, 0.15) is 0 Å². The van der Waals surface area contributed by atoms with E-state index in [2.05, 4.69) is 5.43 Å². The van der Waals surface area contributed by atoms with E-state index in [1.807, 2.05) is 0 Å². The van der Waals surface area contributed by atoms with Crippen molar-refractivity contribution >= 4 is 11.9 Å². The summed E-state index contributed by atoms with van der Waals surface area (Å²) in [6, 6.07) is 0. The summed E-state index contributed by atoms with van der Waals surface area (Å²) in [5, 5.41) is 14.8. The molecule has 0 unspecified atom stereocenters. The van der Waals surface area contributed by atoms with Crippen LogP contribution < -0.4 is 17.0 Å². The van der Waals surface area contributed by atoms with Gasteiger partial charge in [0.1, 0.15) is 0 Å². The highest BCUT2D eigenvalue weighted by atomic mass is 16.4. The lowest BCUT2D eigenvalue weighted by molar-refractivity contribution is -0.159. The van der Waals surface area contributed by atoms with Gasteiger partial charge in [-0.2, -0.15) is 0 Å². The fourth-order valence-corrected chi connectivity index (χ4v) is 0.0833. The van der Waals surface area contributed by atoms with Crippen molar-refractivity contribution in [2.45, 2.75) is 0 Å². The standard InChI is InChI=1S/C2H9N3.C2H2O4/c3-1-2-5-4;3-1(4)2(5)6/h5H,1-4H2;(H,3,4)(H,5,6). The van der Waals surface area contributed by atoms with E-state index < -0.39 is 11.9 Å². The van der Waals surface area contributed by atoms with Crippen LogP contribution in [-0.4, -0.2) is 35.2 Å². The van der Waals surface area contributed by atoms with E-state index in [4.69, 9.17) is 31.4 Å². The molecule has 66 valence electrons. The number of rotatable bonds is 2. The first kappa shape index (κ1) is 12.5. The molecule has 0 amide bonds. The maximum absolute atomic E-state index is 9.10. The number of hydrazine groups is 1.